The van der Waals surface area contributed by atoms with Crippen LogP contribution in [-0.4, -0.2) is 10.5 Å². The van der Waals surface area contributed by atoms with Crippen molar-refractivity contribution in [3.05, 3.63) is 58.7 Å². The number of hydrogen-bond donors (Lipinski definition) is 2. The molecule has 3 N–H and O–H groups in total. The van der Waals surface area contributed by atoms with Crippen molar-refractivity contribution in [2.75, 3.05) is 5.32 Å². The van der Waals surface area contributed by atoms with Gasteiger partial charge in [-0.25, -0.2) is 0 Å². The highest BCUT2D eigenvalue weighted by atomic mass is 35.5. The van der Waals surface area contributed by atoms with Gasteiger partial charge < -0.3 is 15.6 Å². The molecule has 0 spiro atoms. The minimum Gasteiger partial charge on any atom is -0.364 e. The van der Waals surface area contributed by atoms with Crippen LogP contribution in [0.5, 0.6) is 0 Å². The normalized spacial score (nSPS) is 11.7. The Kier molecular flexibility index (Phi) is 4.12. The Morgan fingerprint density at radius 1 is 1.20 bits per heavy atom. The summed E-state index contributed by atoms with van der Waals surface area (Å²) in [6.45, 7) is 0. The van der Waals surface area contributed by atoms with Gasteiger partial charge in [-0.2, -0.15) is 13.2 Å². The third-order valence-electron chi connectivity index (χ3n) is 3.86. The fraction of sp³-hybridized carbons (Fsp3) is 0.118. The van der Waals surface area contributed by atoms with E-state index in [-0.39, 0.29) is 11.4 Å². The monoisotopic (exact) mass is 367 g/mol. The number of anilines is 2. The molecule has 0 radical (unpaired) electrons. The molecule has 1 amide bonds. The summed E-state index contributed by atoms with van der Waals surface area (Å²) in [7, 11) is 1.63. The SMILES string of the molecule is Cn1c(C(N)=O)c(Nc2cccc(C(F)(F)F)c2)c2ccc(Cl)cc21. The van der Waals surface area contributed by atoms with Crippen molar-refractivity contribution in [3.63, 3.8) is 0 Å². The van der Waals surface area contributed by atoms with E-state index in [1.165, 1.54) is 12.1 Å². The van der Waals surface area contributed by atoms with Crippen LogP contribution in [0, 0.1) is 0 Å². The van der Waals surface area contributed by atoms with Crippen LogP contribution in [0.25, 0.3) is 10.9 Å². The number of fused-ring (bicyclic) bond motifs is 1. The van der Waals surface area contributed by atoms with Gasteiger partial charge in [-0.15, -0.1) is 0 Å². The molecule has 25 heavy (non-hydrogen) atoms. The van der Waals surface area contributed by atoms with Crippen molar-refractivity contribution in [2.45, 2.75) is 6.18 Å². The average molecular weight is 368 g/mol. The molecule has 3 rings (SSSR count). The third-order valence-corrected chi connectivity index (χ3v) is 4.09. The van der Waals surface area contributed by atoms with E-state index in [0.717, 1.165) is 12.1 Å². The number of carbonyl (C=O) groups excluding carboxylic acids is 1. The summed E-state index contributed by atoms with van der Waals surface area (Å²) in [6.07, 6.45) is -4.46. The molecule has 2 aromatic carbocycles. The van der Waals surface area contributed by atoms with Gasteiger partial charge in [-0.3, -0.25) is 4.79 Å². The van der Waals surface area contributed by atoms with Crippen LogP contribution >= 0.6 is 11.6 Å². The highest BCUT2D eigenvalue weighted by Crippen LogP contribution is 2.36. The highest BCUT2D eigenvalue weighted by Gasteiger charge is 2.30. The topological polar surface area (TPSA) is 60.0 Å². The fourth-order valence-electron chi connectivity index (χ4n) is 2.74. The first-order valence-electron chi connectivity index (χ1n) is 7.20. The summed E-state index contributed by atoms with van der Waals surface area (Å²) < 4.78 is 40.2. The quantitative estimate of drug-likeness (QED) is 0.705. The van der Waals surface area contributed by atoms with Gasteiger partial charge in [-0.05, 0) is 36.4 Å². The lowest BCUT2D eigenvalue weighted by molar-refractivity contribution is -0.137. The van der Waals surface area contributed by atoms with Crippen LogP contribution in [0.1, 0.15) is 16.1 Å². The number of benzene rings is 2. The predicted octanol–water partition coefficient (Wildman–Crippen LogP) is 4.69. The van der Waals surface area contributed by atoms with Crippen molar-refractivity contribution in [1.29, 1.82) is 0 Å². The summed E-state index contributed by atoms with van der Waals surface area (Å²) in [5, 5.41) is 3.98. The Morgan fingerprint density at radius 3 is 2.56 bits per heavy atom. The molecule has 1 heterocycles. The van der Waals surface area contributed by atoms with Gasteiger partial charge in [-0.1, -0.05) is 17.7 Å². The molecule has 4 nitrogen and oxygen atoms in total. The molecule has 130 valence electrons. The number of primary amides is 1. The van der Waals surface area contributed by atoms with Gasteiger partial charge in [0, 0.05) is 23.1 Å². The van der Waals surface area contributed by atoms with Crippen LogP contribution in [0.3, 0.4) is 0 Å². The first-order chi connectivity index (χ1) is 11.7. The van der Waals surface area contributed by atoms with Crippen LogP contribution in [0.4, 0.5) is 24.5 Å². The number of aryl methyl sites for hydroxylation is 1. The summed E-state index contributed by atoms with van der Waals surface area (Å²) in [5.74, 6) is -0.704. The molecular weight excluding hydrogens is 355 g/mol. The van der Waals surface area contributed by atoms with E-state index in [1.807, 2.05) is 0 Å². The minimum absolute atomic E-state index is 0.148. The number of amides is 1. The van der Waals surface area contributed by atoms with Gasteiger partial charge in [0.1, 0.15) is 5.69 Å². The molecule has 0 bridgehead atoms. The Hall–Kier alpha value is -2.67. The summed E-state index contributed by atoms with van der Waals surface area (Å²) in [6, 6.07) is 9.68. The van der Waals surface area contributed by atoms with Crippen molar-refractivity contribution in [1.82, 2.24) is 4.57 Å². The molecule has 0 saturated carbocycles. The zero-order valence-electron chi connectivity index (χ0n) is 13.0. The van der Waals surface area contributed by atoms with E-state index in [1.54, 1.807) is 29.8 Å². The summed E-state index contributed by atoms with van der Waals surface area (Å²) in [4.78, 5) is 11.9. The van der Waals surface area contributed by atoms with Gasteiger partial charge in [0.05, 0.1) is 16.8 Å². The zero-order valence-corrected chi connectivity index (χ0v) is 13.7. The van der Waals surface area contributed by atoms with Gasteiger partial charge in [0.25, 0.3) is 5.91 Å². The standard InChI is InChI=1S/C17H13ClF3N3O/c1-24-13-8-10(18)5-6-12(13)14(15(24)16(22)25)23-11-4-2-3-9(7-11)17(19,20)21/h2-8,23H,1H3,(H2,22,25). The molecule has 0 fully saturated rings. The second-order valence-electron chi connectivity index (χ2n) is 5.51. The molecule has 0 unspecified atom stereocenters. The van der Waals surface area contributed by atoms with E-state index < -0.39 is 17.6 Å². The predicted molar refractivity (Wildman–Crippen MR) is 91.2 cm³/mol. The van der Waals surface area contributed by atoms with Gasteiger partial charge >= 0.3 is 6.18 Å². The maximum absolute atomic E-state index is 12.9. The number of aromatic nitrogens is 1. The van der Waals surface area contributed by atoms with Crippen LogP contribution < -0.4 is 11.1 Å². The van der Waals surface area contributed by atoms with E-state index >= 15 is 0 Å². The largest absolute Gasteiger partial charge is 0.416 e. The molecule has 8 heteroatoms. The molecule has 0 saturated heterocycles. The Balaban J connectivity index is 2.16. The second kappa shape index (κ2) is 6.00. The number of carbonyl (C=O) groups is 1. The average Bonchev–Trinajstić information content (AvgIpc) is 2.79. The third kappa shape index (κ3) is 3.15. The molecule has 0 aliphatic carbocycles. The number of hydrogen-bond acceptors (Lipinski definition) is 2. The fourth-order valence-corrected chi connectivity index (χ4v) is 2.91. The Labute approximate surface area is 146 Å². The van der Waals surface area contributed by atoms with Gasteiger partial charge in [0.2, 0.25) is 0 Å². The minimum atomic E-state index is -4.46. The molecule has 0 aliphatic heterocycles. The Bertz CT molecular complexity index is 979. The first kappa shape index (κ1) is 17.2. The molecule has 0 aliphatic rings. The number of nitrogens with one attached hydrogen (secondary N) is 1. The van der Waals surface area contributed by atoms with Gasteiger partial charge in [0.15, 0.2) is 0 Å². The van der Waals surface area contributed by atoms with E-state index in [0.29, 0.717) is 21.6 Å². The second-order valence-corrected chi connectivity index (χ2v) is 5.95. The summed E-state index contributed by atoms with van der Waals surface area (Å²) in [5.41, 5.74) is 5.98. The number of alkyl halides is 3. The lowest BCUT2D eigenvalue weighted by Gasteiger charge is -2.11. The van der Waals surface area contributed by atoms with Crippen LogP contribution in [-0.2, 0) is 13.2 Å². The lowest BCUT2D eigenvalue weighted by Crippen LogP contribution is -2.17. The molecule has 0 atom stereocenters. The van der Waals surface area contributed by atoms with Crippen molar-refractivity contribution in [2.24, 2.45) is 12.8 Å². The van der Waals surface area contributed by atoms with Crippen molar-refractivity contribution in [3.8, 4) is 0 Å². The lowest BCUT2D eigenvalue weighted by atomic mass is 10.1. The smallest absolute Gasteiger partial charge is 0.364 e. The molecule has 3 aromatic rings. The maximum atomic E-state index is 12.9. The first-order valence-corrected chi connectivity index (χ1v) is 7.58. The summed E-state index contributed by atoms with van der Waals surface area (Å²) >= 11 is 5.99. The molecule has 1 aromatic heterocycles. The molecular formula is C17H13ClF3N3O. The maximum Gasteiger partial charge on any atom is 0.416 e. The number of rotatable bonds is 3. The van der Waals surface area contributed by atoms with Crippen molar-refractivity contribution < 1.29 is 18.0 Å². The zero-order chi connectivity index (χ0) is 18.4. The number of halogens is 4. The van der Waals surface area contributed by atoms with Crippen LogP contribution in [0.15, 0.2) is 42.5 Å². The van der Waals surface area contributed by atoms with Crippen LogP contribution in [0.2, 0.25) is 5.02 Å². The number of nitrogens with two attached hydrogens (primary N) is 1. The number of nitrogens with zero attached hydrogens (tertiary/aromatic N) is 1. The van der Waals surface area contributed by atoms with E-state index in [2.05, 4.69) is 5.32 Å². The van der Waals surface area contributed by atoms with E-state index in [9.17, 15) is 18.0 Å². The van der Waals surface area contributed by atoms with Crippen molar-refractivity contribution >= 4 is 39.8 Å². The highest BCUT2D eigenvalue weighted by molar-refractivity contribution is 6.31. The van der Waals surface area contributed by atoms with E-state index in [4.69, 9.17) is 17.3 Å². The Morgan fingerprint density at radius 2 is 1.92 bits per heavy atom.